The van der Waals surface area contributed by atoms with Crippen LogP contribution in [0.2, 0.25) is 0 Å². The monoisotopic (exact) mass is 381 g/mol. The molecule has 2 fully saturated rings. The molecule has 2 aromatic heterocycles. The lowest BCUT2D eigenvalue weighted by Gasteiger charge is -2.27. The Kier molecular flexibility index (Phi) is 4.69. The van der Waals surface area contributed by atoms with Crippen molar-refractivity contribution in [2.45, 2.75) is 45.7 Å². The Bertz CT molecular complexity index is 878. The molecule has 1 spiro atoms. The van der Waals surface area contributed by atoms with E-state index in [4.69, 9.17) is 0 Å². The van der Waals surface area contributed by atoms with Crippen LogP contribution in [0, 0.1) is 5.41 Å². The third-order valence-electron chi connectivity index (χ3n) is 6.23. The number of nitrogens with zero attached hydrogens (tertiary/aromatic N) is 5. The number of hydrogen-bond donors (Lipinski definition) is 0. The largest absolute Gasteiger partial charge is 0.341 e. The van der Waals surface area contributed by atoms with Crippen LogP contribution in [0.15, 0.2) is 37.1 Å². The molecule has 2 aliphatic rings. The van der Waals surface area contributed by atoms with Gasteiger partial charge in [0.2, 0.25) is 11.8 Å². The predicted octanol–water partition coefficient (Wildman–Crippen LogP) is 2.22. The van der Waals surface area contributed by atoms with Crippen molar-refractivity contribution in [1.82, 2.24) is 24.3 Å². The van der Waals surface area contributed by atoms with Crippen LogP contribution in [-0.4, -0.2) is 55.8 Å². The number of imidazole rings is 1. The third kappa shape index (κ3) is 3.08. The highest BCUT2D eigenvalue weighted by atomic mass is 16.2. The van der Waals surface area contributed by atoms with E-state index in [2.05, 4.69) is 28.4 Å². The van der Waals surface area contributed by atoms with Gasteiger partial charge in [-0.05, 0) is 38.0 Å². The summed E-state index contributed by atoms with van der Waals surface area (Å²) >= 11 is 0. The van der Waals surface area contributed by atoms with Gasteiger partial charge in [-0.3, -0.25) is 14.6 Å². The first-order valence-corrected chi connectivity index (χ1v) is 9.88. The number of amides is 2. The molecule has 0 N–H and O–H groups in total. The maximum atomic E-state index is 13.6. The fourth-order valence-corrected chi connectivity index (χ4v) is 4.53. The highest BCUT2D eigenvalue weighted by Gasteiger charge is 2.58. The maximum Gasteiger partial charge on any atom is 0.231 e. The summed E-state index contributed by atoms with van der Waals surface area (Å²) in [7, 11) is 0. The first-order valence-electron chi connectivity index (χ1n) is 9.88. The molecule has 7 heteroatoms. The summed E-state index contributed by atoms with van der Waals surface area (Å²) in [5, 5.41) is 0. The van der Waals surface area contributed by atoms with Gasteiger partial charge in [-0.15, -0.1) is 0 Å². The Hall–Kier alpha value is -2.70. The van der Waals surface area contributed by atoms with Crippen molar-refractivity contribution >= 4 is 11.8 Å². The van der Waals surface area contributed by atoms with Gasteiger partial charge in [-0.2, -0.15) is 0 Å². The van der Waals surface area contributed by atoms with E-state index in [1.807, 2.05) is 34.5 Å². The zero-order valence-corrected chi connectivity index (χ0v) is 16.7. The van der Waals surface area contributed by atoms with E-state index < -0.39 is 5.41 Å². The summed E-state index contributed by atoms with van der Waals surface area (Å²) in [6.07, 6.45) is 8.12. The Morgan fingerprint density at radius 3 is 2.71 bits per heavy atom. The second-order valence-electron chi connectivity index (χ2n) is 8.28. The Morgan fingerprint density at radius 2 is 2.07 bits per heavy atom. The smallest absolute Gasteiger partial charge is 0.231 e. The molecule has 4 rings (SSSR count). The van der Waals surface area contributed by atoms with E-state index in [0.29, 0.717) is 32.2 Å². The number of pyridine rings is 1. The Labute approximate surface area is 165 Å². The summed E-state index contributed by atoms with van der Waals surface area (Å²) in [5.41, 5.74) is 1.41. The number of aromatic nitrogens is 3. The summed E-state index contributed by atoms with van der Waals surface area (Å²) in [6.45, 7) is 8.11. The SMILES string of the molecule is CC(=O)N1C[C@@H](c2cn(C(C)C)cn2)[C@]2(CCN(Cc3ccncc3)C2=O)C1. The van der Waals surface area contributed by atoms with Gasteiger partial charge in [0.05, 0.1) is 17.4 Å². The minimum atomic E-state index is -0.575. The van der Waals surface area contributed by atoms with Crippen LogP contribution in [-0.2, 0) is 16.1 Å². The fourth-order valence-electron chi connectivity index (χ4n) is 4.53. The van der Waals surface area contributed by atoms with Gasteiger partial charge in [-0.1, -0.05) is 0 Å². The van der Waals surface area contributed by atoms with Crippen molar-refractivity contribution in [3.63, 3.8) is 0 Å². The average Bonchev–Trinajstić information content (AvgIpc) is 3.37. The molecule has 0 radical (unpaired) electrons. The minimum absolute atomic E-state index is 0.0190. The molecule has 0 bridgehead atoms. The molecular formula is C21H27N5O2. The highest BCUT2D eigenvalue weighted by Crippen LogP contribution is 2.49. The second-order valence-corrected chi connectivity index (χ2v) is 8.28. The molecule has 148 valence electrons. The van der Waals surface area contributed by atoms with Crippen LogP contribution >= 0.6 is 0 Å². The van der Waals surface area contributed by atoms with Gasteiger partial charge in [-0.25, -0.2) is 4.98 Å². The standard InChI is InChI=1S/C21H27N5O2/c1-15(2)26-12-19(23-14-26)18-11-25(16(3)27)13-21(18)6-9-24(20(21)28)10-17-4-7-22-8-5-17/h4-5,7-8,12,14-15,18H,6,9-11,13H2,1-3H3/t18-,21-/m0/s1. The molecule has 0 aliphatic carbocycles. The topological polar surface area (TPSA) is 71.3 Å². The zero-order valence-electron chi connectivity index (χ0n) is 16.7. The van der Waals surface area contributed by atoms with Crippen LogP contribution in [0.5, 0.6) is 0 Å². The maximum absolute atomic E-state index is 13.6. The molecule has 2 aliphatic heterocycles. The van der Waals surface area contributed by atoms with Gasteiger partial charge in [0, 0.05) is 63.7 Å². The first kappa shape index (κ1) is 18.7. The molecule has 28 heavy (non-hydrogen) atoms. The summed E-state index contributed by atoms with van der Waals surface area (Å²) < 4.78 is 2.06. The van der Waals surface area contributed by atoms with Crippen LogP contribution in [0.4, 0.5) is 0 Å². The Morgan fingerprint density at radius 1 is 1.32 bits per heavy atom. The van der Waals surface area contributed by atoms with Crippen LogP contribution in [0.25, 0.3) is 0 Å². The third-order valence-corrected chi connectivity index (χ3v) is 6.23. The molecule has 0 unspecified atom stereocenters. The number of hydrogen-bond acceptors (Lipinski definition) is 4. The highest BCUT2D eigenvalue weighted by molar-refractivity contribution is 5.88. The van der Waals surface area contributed by atoms with E-state index in [1.54, 1.807) is 19.3 Å². The van der Waals surface area contributed by atoms with Crippen molar-refractivity contribution in [2.24, 2.45) is 5.41 Å². The van der Waals surface area contributed by atoms with Crippen molar-refractivity contribution in [3.05, 3.63) is 48.3 Å². The quantitative estimate of drug-likeness (QED) is 0.814. The second kappa shape index (κ2) is 7.04. The molecule has 0 aromatic carbocycles. The predicted molar refractivity (Wildman–Crippen MR) is 104 cm³/mol. The lowest BCUT2D eigenvalue weighted by atomic mass is 9.75. The summed E-state index contributed by atoms with van der Waals surface area (Å²) in [6, 6.07) is 4.19. The molecule has 7 nitrogen and oxygen atoms in total. The van der Waals surface area contributed by atoms with Crippen LogP contribution in [0.3, 0.4) is 0 Å². The lowest BCUT2D eigenvalue weighted by molar-refractivity contribution is -0.137. The molecule has 4 heterocycles. The van der Waals surface area contributed by atoms with Crippen molar-refractivity contribution in [2.75, 3.05) is 19.6 Å². The number of carbonyl (C=O) groups is 2. The van der Waals surface area contributed by atoms with Gasteiger partial charge in [0.15, 0.2) is 0 Å². The van der Waals surface area contributed by atoms with E-state index in [0.717, 1.165) is 17.7 Å². The van der Waals surface area contributed by atoms with E-state index in [-0.39, 0.29) is 17.7 Å². The molecule has 2 amide bonds. The van der Waals surface area contributed by atoms with Crippen molar-refractivity contribution in [3.8, 4) is 0 Å². The van der Waals surface area contributed by atoms with Gasteiger partial charge < -0.3 is 14.4 Å². The van der Waals surface area contributed by atoms with Crippen molar-refractivity contribution < 1.29 is 9.59 Å². The minimum Gasteiger partial charge on any atom is -0.341 e. The lowest BCUT2D eigenvalue weighted by Crippen LogP contribution is -2.40. The molecular weight excluding hydrogens is 354 g/mol. The normalized spacial score (nSPS) is 24.7. The Balaban J connectivity index is 1.64. The number of carbonyl (C=O) groups excluding carboxylic acids is 2. The van der Waals surface area contributed by atoms with E-state index in [1.165, 1.54) is 0 Å². The average molecular weight is 381 g/mol. The van der Waals surface area contributed by atoms with Gasteiger partial charge in [0.25, 0.3) is 0 Å². The first-order chi connectivity index (χ1) is 13.4. The number of likely N-dealkylation sites (tertiary alicyclic amines) is 2. The molecule has 2 saturated heterocycles. The summed E-state index contributed by atoms with van der Waals surface area (Å²) in [4.78, 5) is 38.1. The van der Waals surface area contributed by atoms with Crippen LogP contribution in [0.1, 0.15) is 50.4 Å². The molecule has 2 atom stereocenters. The number of rotatable bonds is 4. The van der Waals surface area contributed by atoms with Crippen molar-refractivity contribution in [1.29, 1.82) is 0 Å². The fraction of sp³-hybridized carbons (Fsp3) is 0.524. The van der Waals surface area contributed by atoms with E-state index in [9.17, 15) is 9.59 Å². The zero-order chi connectivity index (χ0) is 19.9. The summed E-state index contributed by atoms with van der Waals surface area (Å²) in [5.74, 6) is 0.0917. The molecule has 2 aromatic rings. The van der Waals surface area contributed by atoms with Gasteiger partial charge >= 0.3 is 0 Å². The van der Waals surface area contributed by atoms with Gasteiger partial charge in [0.1, 0.15) is 0 Å². The molecule has 0 saturated carbocycles. The van der Waals surface area contributed by atoms with E-state index >= 15 is 0 Å². The van der Waals surface area contributed by atoms with Crippen LogP contribution < -0.4 is 0 Å².